The van der Waals surface area contributed by atoms with Crippen molar-refractivity contribution >= 4 is 12.1 Å². The van der Waals surface area contributed by atoms with Gasteiger partial charge in [-0.2, -0.15) is 0 Å². The summed E-state index contributed by atoms with van der Waals surface area (Å²) in [5, 5.41) is 9.44. The normalized spacial score (nSPS) is 27.3. The Hall–Kier alpha value is -1.78. The summed E-state index contributed by atoms with van der Waals surface area (Å²) in [5.41, 5.74) is 2.25. The molecule has 0 aromatic carbocycles. The van der Waals surface area contributed by atoms with Crippen LogP contribution in [0.1, 0.15) is 59.3 Å². The van der Waals surface area contributed by atoms with Crippen LogP contribution in [-0.2, 0) is 9.53 Å². The zero-order valence-corrected chi connectivity index (χ0v) is 14.8. The van der Waals surface area contributed by atoms with E-state index in [1.807, 2.05) is 0 Å². The fourth-order valence-corrected chi connectivity index (χ4v) is 3.58. The van der Waals surface area contributed by atoms with Crippen molar-refractivity contribution in [1.29, 1.82) is 0 Å². The molecule has 2 aliphatic carbocycles. The Morgan fingerprint density at radius 3 is 2.54 bits per heavy atom. The minimum Gasteiger partial charge on any atom is -0.480 e. The van der Waals surface area contributed by atoms with Crippen LogP contribution in [0, 0.1) is 5.41 Å². The molecule has 3 rings (SSSR count). The van der Waals surface area contributed by atoms with Gasteiger partial charge in [-0.25, -0.2) is 9.59 Å². The number of carboxylic acids is 1. The van der Waals surface area contributed by atoms with Crippen LogP contribution in [0.15, 0.2) is 23.3 Å². The monoisotopic (exact) mass is 333 g/mol. The van der Waals surface area contributed by atoms with E-state index >= 15 is 0 Å². The highest BCUT2D eigenvalue weighted by Crippen LogP contribution is 2.55. The van der Waals surface area contributed by atoms with E-state index in [9.17, 15) is 14.7 Å². The van der Waals surface area contributed by atoms with Crippen LogP contribution in [0.25, 0.3) is 0 Å². The van der Waals surface area contributed by atoms with Crippen LogP contribution in [0.4, 0.5) is 4.79 Å². The third-order valence-electron chi connectivity index (χ3n) is 5.21. The first kappa shape index (κ1) is 17.1. The van der Waals surface area contributed by atoms with E-state index in [2.05, 4.69) is 12.2 Å². The second-order valence-electron chi connectivity index (χ2n) is 8.45. The van der Waals surface area contributed by atoms with Crippen molar-refractivity contribution in [2.45, 2.75) is 70.9 Å². The maximum Gasteiger partial charge on any atom is 0.411 e. The largest absolute Gasteiger partial charge is 0.480 e. The first-order valence-corrected chi connectivity index (χ1v) is 8.78. The van der Waals surface area contributed by atoms with E-state index in [1.165, 1.54) is 29.7 Å². The molecule has 0 aromatic heterocycles. The van der Waals surface area contributed by atoms with Crippen LogP contribution >= 0.6 is 0 Å². The summed E-state index contributed by atoms with van der Waals surface area (Å²) in [4.78, 5) is 25.2. The first-order chi connectivity index (χ1) is 11.2. The third kappa shape index (κ3) is 3.82. The van der Waals surface area contributed by atoms with Gasteiger partial charge in [0.1, 0.15) is 11.6 Å². The molecule has 0 bridgehead atoms. The lowest BCUT2D eigenvalue weighted by Gasteiger charge is -2.26. The van der Waals surface area contributed by atoms with Crippen molar-refractivity contribution < 1.29 is 19.4 Å². The zero-order chi connectivity index (χ0) is 17.5. The van der Waals surface area contributed by atoms with E-state index in [0.717, 1.165) is 18.4 Å². The molecule has 0 radical (unpaired) electrons. The minimum atomic E-state index is -0.973. The van der Waals surface area contributed by atoms with Gasteiger partial charge in [0.15, 0.2) is 0 Å². The average molecular weight is 333 g/mol. The quantitative estimate of drug-likeness (QED) is 0.832. The molecule has 0 aromatic rings. The molecule has 2 fully saturated rings. The van der Waals surface area contributed by atoms with Gasteiger partial charge in [-0.15, -0.1) is 0 Å². The maximum atomic E-state index is 12.3. The van der Waals surface area contributed by atoms with Crippen molar-refractivity contribution in [3.05, 3.63) is 23.3 Å². The number of nitrogens with zero attached hydrogens (tertiary/aromatic N) is 1. The Bertz CT molecular complexity index is 607. The van der Waals surface area contributed by atoms with E-state index in [-0.39, 0.29) is 0 Å². The highest BCUT2D eigenvalue weighted by Gasteiger charge is 2.43. The lowest BCUT2D eigenvalue weighted by molar-refractivity contribution is -0.142. The van der Waals surface area contributed by atoms with Gasteiger partial charge in [-0.1, -0.05) is 17.7 Å². The molecule has 1 heterocycles. The van der Waals surface area contributed by atoms with Gasteiger partial charge in [-0.05, 0) is 63.9 Å². The summed E-state index contributed by atoms with van der Waals surface area (Å²) < 4.78 is 5.36. The number of carbonyl (C=O) groups is 2. The Morgan fingerprint density at radius 1 is 1.33 bits per heavy atom. The summed E-state index contributed by atoms with van der Waals surface area (Å²) in [6, 6.07) is -0.829. The summed E-state index contributed by atoms with van der Waals surface area (Å²) in [7, 11) is 0. The SMILES string of the molecule is CC(C)(C)OC(=O)N1CC(=CC2=CCC3(CC2)CC3)CC1C(=O)O. The summed E-state index contributed by atoms with van der Waals surface area (Å²) >= 11 is 0. The molecule has 1 atom stereocenters. The molecule has 1 N–H and O–H groups in total. The van der Waals surface area contributed by atoms with Crippen molar-refractivity contribution in [2.24, 2.45) is 5.41 Å². The van der Waals surface area contributed by atoms with E-state index in [4.69, 9.17) is 4.74 Å². The Balaban J connectivity index is 1.70. The number of carbonyl (C=O) groups excluding carboxylic acids is 1. The number of amides is 1. The molecule has 1 amide bonds. The van der Waals surface area contributed by atoms with Crippen LogP contribution < -0.4 is 0 Å². The van der Waals surface area contributed by atoms with Crippen LogP contribution in [0.5, 0.6) is 0 Å². The molecule has 1 saturated carbocycles. The lowest BCUT2D eigenvalue weighted by Crippen LogP contribution is -2.43. The highest BCUT2D eigenvalue weighted by molar-refractivity contribution is 5.82. The molecule has 24 heavy (non-hydrogen) atoms. The second-order valence-corrected chi connectivity index (χ2v) is 8.45. The highest BCUT2D eigenvalue weighted by atomic mass is 16.6. The molecule has 1 aliphatic heterocycles. The van der Waals surface area contributed by atoms with Gasteiger partial charge in [-0.3, -0.25) is 4.90 Å². The second kappa shape index (κ2) is 5.94. The van der Waals surface area contributed by atoms with Crippen LogP contribution in [0.2, 0.25) is 0 Å². The van der Waals surface area contributed by atoms with Crippen molar-refractivity contribution in [3.8, 4) is 0 Å². The van der Waals surface area contributed by atoms with Gasteiger partial charge in [0.2, 0.25) is 0 Å². The fraction of sp³-hybridized carbons (Fsp3) is 0.684. The van der Waals surface area contributed by atoms with Gasteiger partial charge in [0, 0.05) is 13.0 Å². The number of aliphatic carboxylic acids is 1. The Labute approximate surface area is 143 Å². The molecule has 3 aliphatic rings. The van der Waals surface area contributed by atoms with Crippen LogP contribution in [-0.4, -0.2) is 40.3 Å². The summed E-state index contributed by atoms with van der Waals surface area (Å²) in [5.74, 6) is -0.973. The number of allylic oxidation sites excluding steroid dienone is 3. The number of carboxylic acid groups (broad SMARTS) is 1. The number of hydrogen-bond acceptors (Lipinski definition) is 3. The molecule has 132 valence electrons. The zero-order valence-electron chi connectivity index (χ0n) is 14.8. The summed E-state index contributed by atoms with van der Waals surface area (Å²) in [6.07, 6.45) is 10.4. The molecule has 5 heteroatoms. The van der Waals surface area contributed by atoms with Crippen molar-refractivity contribution in [2.75, 3.05) is 6.54 Å². The van der Waals surface area contributed by atoms with Crippen molar-refractivity contribution in [1.82, 2.24) is 4.90 Å². The van der Waals surface area contributed by atoms with Crippen LogP contribution in [0.3, 0.4) is 0 Å². The molecular weight excluding hydrogens is 306 g/mol. The van der Waals surface area contributed by atoms with E-state index < -0.39 is 23.7 Å². The smallest absolute Gasteiger partial charge is 0.411 e. The van der Waals surface area contributed by atoms with Crippen molar-refractivity contribution in [3.63, 3.8) is 0 Å². The van der Waals surface area contributed by atoms with E-state index in [1.54, 1.807) is 20.8 Å². The minimum absolute atomic E-state index is 0.342. The first-order valence-electron chi connectivity index (χ1n) is 8.78. The lowest BCUT2D eigenvalue weighted by atomic mass is 9.86. The maximum absolute atomic E-state index is 12.3. The molecule has 1 spiro atoms. The van der Waals surface area contributed by atoms with Gasteiger partial charge < -0.3 is 9.84 Å². The molecule has 5 nitrogen and oxygen atoms in total. The predicted octanol–water partition coefficient (Wildman–Crippen LogP) is 3.90. The Kier molecular flexibility index (Phi) is 4.22. The number of hydrogen-bond donors (Lipinski definition) is 1. The van der Waals surface area contributed by atoms with Gasteiger partial charge >= 0.3 is 12.1 Å². The molecular formula is C19H27NO4. The molecule has 1 saturated heterocycles. The Morgan fingerprint density at radius 2 is 2.04 bits per heavy atom. The van der Waals surface area contributed by atoms with Gasteiger partial charge in [0.25, 0.3) is 0 Å². The topological polar surface area (TPSA) is 66.8 Å². The summed E-state index contributed by atoms with van der Waals surface area (Å²) in [6.45, 7) is 5.70. The number of ether oxygens (including phenoxy) is 1. The number of rotatable bonds is 2. The number of likely N-dealkylation sites (tertiary alicyclic amines) is 1. The average Bonchev–Trinajstić information content (AvgIpc) is 3.07. The fourth-order valence-electron chi connectivity index (χ4n) is 3.58. The predicted molar refractivity (Wildman–Crippen MR) is 90.7 cm³/mol. The van der Waals surface area contributed by atoms with Gasteiger partial charge in [0.05, 0.1) is 0 Å². The molecule has 1 unspecified atom stereocenters. The van der Waals surface area contributed by atoms with E-state index in [0.29, 0.717) is 18.4 Å². The standard InChI is InChI=1S/C19H27NO4/c1-18(2,3)24-17(23)20-12-14(11-15(20)16(21)22)10-13-4-6-19(7-5-13)8-9-19/h4,10,15H,5-9,11-12H2,1-3H3,(H,21,22). The third-order valence-corrected chi connectivity index (χ3v) is 5.21.